The number of hydrogen-bond acceptors (Lipinski definition) is 4. The maximum Gasteiger partial charge on any atom is 0.131 e. The minimum absolute atomic E-state index is 0.757. The molecular weight excluding hydrogens is 278 g/mol. The topological polar surface area (TPSA) is 37.8 Å². The van der Waals surface area contributed by atoms with Gasteiger partial charge in [0.2, 0.25) is 0 Å². The van der Waals surface area contributed by atoms with E-state index >= 15 is 0 Å². The lowest BCUT2D eigenvalue weighted by Crippen LogP contribution is -2.06. The van der Waals surface area contributed by atoms with Gasteiger partial charge in [-0.1, -0.05) is 25.4 Å². The zero-order valence-corrected chi connectivity index (χ0v) is 12.8. The molecule has 0 aromatic carbocycles. The largest absolute Gasteiger partial charge is 0.370 e. The molecule has 0 atom stereocenters. The summed E-state index contributed by atoms with van der Waals surface area (Å²) in [5.41, 5.74) is 0.914. The Balaban J connectivity index is 2.36. The van der Waals surface area contributed by atoms with Gasteiger partial charge in [-0.15, -0.1) is 11.3 Å². The monoisotopic (exact) mass is 295 g/mol. The SMILES string of the molecule is CCCNc1cc(-c2sccc2Cl)nc(CCC)n1. The Morgan fingerprint density at radius 1 is 1.26 bits per heavy atom. The van der Waals surface area contributed by atoms with Gasteiger partial charge < -0.3 is 5.32 Å². The van der Waals surface area contributed by atoms with Gasteiger partial charge in [0.15, 0.2) is 0 Å². The maximum absolute atomic E-state index is 6.19. The molecule has 1 N–H and O–H groups in total. The molecule has 102 valence electrons. The Morgan fingerprint density at radius 2 is 2.11 bits per heavy atom. The Hall–Kier alpha value is -1.13. The summed E-state index contributed by atoms with van der Waals surface area (Å²) in [6, 6.07) is 3.88. The number of anilines is 1. The van der Waals surface area contributed by atoms with Crippen molar-refractivity contribution in [3.63, 3.8) is 0 Å². The highest BCUT2D eigenvalue weighted by Gasteiger charge is 2.10. The second-order valence-electron chi connectivity index (χ2n) is 4.33. The van der Waals surface area contributed by atoms with E-state index in [-0.39, 0.29) is 0 Å². The van der Waals surface area contributed by atoms with Crippen molar-refractivity contribution in [3.05, 3.63) is 28.4 Å². The molecule has 0 amide bonds. The number of halogens is 1. The number of rotatable bonds is 6. The molecule has 0 saturated carbocycles. The van der Waals surface area contributed by atoms with Gasteiger partial charge in [-0.3, -0.25) is 0 Å². The smallest absolute Gasteiger partial charge is 0.131 e. The number of aromatic nitrogens is 2. The van der Waals surface area contributed by atoms with Crippen LogP contribution in [0.25, 0.3) is 10.6 Å². The van der Waals surface area contributed by atoms with Crippen LogP contribution in [0.3, 0.4) is 0 Å². The first-order valence-electron chi connectivity index (χ1n) is 6.59. The van der Waals surface area contributed by atoms with Crippen LogP contribution in [-0.4, -0.2) is 16.5 Å². The third kappa shape index (κ3) is 3.67. The van der Waals surface area contributed by atoms with Gasteiger partial charge in [0.05, 0.1) is 15.6 Å². The minimum atomic E-state index is 0.757. The van der Waals surface area contributed by atoms with Crippen molar-refractivity contribution in [2.75, 3.05) is 11.9 Å². The van der Waals surface area contributed by atoms with E-state index in [2.05, 4.69) is 29.1 Å². The number of hydrogen-bond donors (Lipinski definition) is 1. The zero-order valence-electron chi connectivity index (χ0n) is 11.2. The average molecular weight is 296 g/mol. The Morgan fingerprint density at radius 3 is 2.74 bits per heavy atom. The fourth-order valence-electron chi connectivity index (χ4n) is 1.77. The van der Waals surface area contributed by atoms with Crippen LogP contribution < -0.4 is 5.32 Å². The van der Waals surface area contributed by atoms with E-state index in [0.717, 1.165) is 53.0 Å². The highest BCUT2D eigenvalue weighted by Crippen LogP contribution is 2.32. The third-order valence-corrected chi connectivity index (χ3v) is 4.02. The van der Waals surface area contributed by atoms with Crippen LogP contribution in [0.1, 0.15) is 32.5 Å². The van der Waals surface area contributed by atoms with Crippen molar-refractivity contribution in [3.8, 4) is 10.6 Å². The first-order valence-corrected chi connectivity index (χ1v) is 7.85. The van der Waals surface area contributed by atoms with Gasteiger partial charge in [0.25, 0.3) is 0 Å². The second-order valence-corrected chi connectivity index (χ2v) is 5.65. The molecule has 2 aromatic rings. The van der Waals surface area contributed by atoms with Crippen LogP contribution >= 0.6 is 22.9 Å². The fourth-order valence-corrected chi connectivity index (χ4v) is 2.88. The first-order chi connectivity index (χ1) is 9.24. The first kappa shape index (κ1) is 14.3. The number of nitrogens with zero attached hydrogens (tertiary/aromatic N) is 2. The van der Waals surface area contributed by atoms with Crippen molar-refractivity contribution in [1.29, 1.82) is 0 Å². The molecule has 2 rings (SSSR count). The summed E-state index contributed by atoms with van der Waals surface area (Å²) < 4.78 is 0. The summed E-state index contributed by atoms with van der Waals surface area (Å²) in [6.07, 6.45) is 2.99. The van der Waals surface area contributed by atoms with Crippen LogP contribution in [0.4, 0.5) is 5.82 Å². The number of thiophene rings is 1. The van der Waals surface area contributed by atoms with E-state index in [0.29, 0.717) is 0 Å². The van der Waals surface area contributed by atoms with Crippen LogP contribution in [0.5, 0.6) is 0 Å². The summed E-state index contributed by atoms with van der Waals surface area (Å²) in [5, 5.41) is 6.07. The predicted octanol–water partition coefficient (Wildman–Crippen LogP) is 4.63. The van der Waals surface area contributed by atoms with Crippen molar-refractivity contribution < 1.29 is 0 Å². The average Bonchev–Trinajstić information content (AvgIpc) is 2.83. The van der Waals surface area contributed by atoms with E-state index in [1.165, 1.54) is 0 Å². The highest BCUT2D eigenvalue weighted by molar-refractivity contribution is 7.14. The molecule has 0 spiro atoms. The van der Waals surface area contributed by atoms with Gasteiger partial charge >= 0.3 is 0 Å². The molecule has 0 saturated heterocycles. The van der Waals surface area contributed by atoms with Crippen molar-refractivity contribution >= 4 is 28.8 Å². The van der Waals surface area contributed by atoms with Gasteiger partial charge in [-0.25, -0.2) is 9.97 Å². The highest BCUT2D eigenvalue weighted by atomic mass is 35.5. The molecule has 0 aliphatic carbocycles. The summed E-state index contributed by atoms with van der Waals surface area (Å²) in [4.78, 5) is 10.2. The van der Waals surface area contributed by atoms with Crippen LogP contribution in [0.15, 0.2) is 17.5 Å². The van der Waals surface area contributed by atoms with E-state index in [1.807, 2.05) is 17.5 Å². The van der Waals surface area contributed by atoms with E-state index in [1.54, 1.807) is 11.3 Å². The molecule has 2 heterocycles. The number of nitrogens with one attached hydrogen (secondary N) is 1. The fraction of sp³-hybridized carbons (Fsp3) is 0.429. The Bertz CT molecular complexity index is 539. The minimum Gasteiger partial charge on any atom is -0.370 e. The summed E-state index contributed by atoms with van der Waals surface area (Å²) in [6.45, 7) is 5.19. The van der Waals surface area contributed by atoms with Crippen molar-refractivity contribution in [2.45, 2.75) is 33.1 Å². The molecule has 19 heavy (non-hydrogen) atoms. The normalized spacial score (nSPS) is 10.7. The summed E-state index contributed by atoms with van der Waals surface area (Å²) in [5.74, 6) is 1.77. The zero-order chi connectivity index (χ0) is 13.7. The van der Waals surface area contributed by atoms with Gasteiger partial charge in [0.1, 0.15) is 11.6 Å². The Labute approximate surface area is 123 Å². The molecule has 0 fully saturated rings. The molecule has 5 heteroatoms. The summed E-state index contributed by atoms with van der Waals surface area (Å²) in [7, 11) is 0. The molecule has 2 aromatic heterocycles. The lowest BCUT2D eigenvalue weighted by Gasteiger charge is -2.08. The lowest BCUT2D eigenvalue weighted by atomic mass is 10.2. The standard InChI is InChI=1S/C14H18ClN3S/c1-3-5-12-17-11(14-10(15)6-8-19-14)9-13(18-12)16-7-4-2/h6,8-9H,3-5,7H2,1-2H3,(H,16,17,18). The molecule has 0 aliphatic heterocycles. The maximum atomic E-state index is 6.19. The van der Waals surface area contributed by atoms with Gasteiger partial charge in [-0.05, 0) is 24.3 Å². The molecular formula is C14H18ClN3S. The third-order valence-electron chi connectivity index (χ3n) is 2.65. The molecule has 0 bridgehead atoms. The Kier molecular flexibility index (Phi) is 5.16. The van der Waals surface area contributed by atoms with Gasteiger partial charge in [-0.2, -0.15) is 0 Å². The van der Waals surface area contributed by atoms with Crippen molar-refractivity contribution in [2.24, 2.45) is 0 Å². The summed E-state index contributed by atoms with van der Waals surface area (Å²) >= 11 is 7.80. The van der Waals surface area contributed by atoms with E-state index in [4.69, 9.17) is 11.6 Å². The van der Waals surface area contributed by atoms with E-state index < -0.39 is 0 Å². The molecule has 0 aliphatic rings. The molecule has 0 unspecified atom stereocenters. The predicted molar refractivity (Wildman–Crippen MR) is 83.1 cm³/mol. The quantitative estimate of drug-likeness (QED) is 0.844. The van der Waals surface area contributed by atoms with Crippen LogP contribution in [0.2, 0.25) is 5.02 Å². The second kappa shape index (κ2) is 6.87. The van der Waals surface area contributed by atoms with Crippen LogP contribution in [-0.2, 0) is 6.42 Å². The van der Waals surface area contributed by atoms with Crippen molar-refractivity contribution in [1.82, 2.24) is 9.97 Å². The molecule has 0 radical (unpaired) electrons. The molecule has 3 nitrogen and oxygen atoms in total. The lowest BCUT2D eigenvalue weighted by molar-refractivity contribution is 0.834. The van der Waals surface area contributed by atoms with E-state index in [9.17, 15) is 0 Å². The number of aryl methyl sites for hydroxylation is 1. The van der Waals surface area contributed by atoms with Gasteiger partial charge in [0, 0.05) is 19.0 Å². The van der Waals surface area contributed by atoms with Crippen LogP contribution in [0, 0.1) is 0 Å².